The Labute approximate surface area is 337 Å². The zero-order valence-electron chi connectivity index (χ0n) is 31.3. The molecule has 13 rings (SSSR count). The van der Waals surface area contributed by atoms with E-state index in [1.807, 2.05) is 11.3 Å². The third kappa shape index (κ3) is 4.46. The molecule has 11 aromatic carbocycles. The van der Waals surface area contributed by atoms with E-state index in [2.05, 4.69) is 194 Å². The van der Waals surface area contributed by atoms with Gasteiger partial charge < -0.3 is 4.42 Å². The molecule has 268 valence electrons. The summed E-state index contributed by atoms with van der Waals surface area (Å²) in [5, 5.41) is 17.2. The van der Waals surface area contributed by atoms with Gasteiger partial charge in [0.15, 0.2) is 0 Å². The van der Waals surface area contributed by atoms with Crippen molar-refractivity contribution in [3.63, 3.8) is 0 Å². The lowest BCUT2D eigenvalue weighted by atomic mass is 9.83. The second-order valence-electron chi connectivity index (χ2n) is 15.5. The minimum absolute atomic E-state index is 0.918. The van der Waals surface area contributed by atoms with Gasteiger partial charge in [-0.2, -0.15) is 0 Å². The molecule has 0 aliphatic rings. The van der Waals surface area contributed by atoms with Gasteiger partial charge >= 0.3 is 0 Å². The molecule has 1 nitrogen and oxygen atoms in total. The molecule has 0 N–H and O–H groups in total. The Morgan fingerprint density at radius 2 is 0.862 bits per heavy atom. The van der Waals surface area contributed by atoms with Crippen LogP contribution in [0.4, 0.5) is 0 Å². The van der Waals surface area contributed by atoms with Gasteiger partial charge in [-0.3, -0.25) is 0 Å². The molecule has 0 saturated carbocycles. The molecule has 0 aliphatic heterocycles. The molecule has 58 heavy (non-hydrogen) atoms. The van der Waals surface area contributed by atoms with Crippen LogP contribution in [0.3, 0.4) is 0 Å². The molecule has 0 atom stereocenters. The van der Waals surface area contributed by atoms with Crippen molar-refractivity contribution in [1.29, 1.82) is 0 Å². The van der Waals surface area contributed by atoms with Crippen LogP contribution in [0.2, 0.25) is 0 Å². The van der Waals surface area contributed by atoms with Crippen molar-refractivity contribution in [1.82, 2.24) is 0 Å². The summed E-state index contributed by atoms with van der Waals surface area (Å²) in [5.74, 6) is 0. The van der Waals surface area contributed by atoms with Crippen LogP contribution in [0.25, 0.3) is 129 Å². The van der Waals surface area contributed by atoms with E-state index in [0.717, 1.165) is 11.2 Å². The second-order valence-corrected chi connectivity index (χ2v) is 16.6. The number of benzene rings is 11. The minimum atomic E-state index is 0.918. The molecule has 2 heterocycles. The zero-order valence-corrected chi connectivity index (χ0v) is 32.1. The molecule has 0 aliphatic carbocycles. The molecule has 2 aromatic heterocycles. The van der Waals surface area contributed by atoms with E-state index in [1.54, 1.807) is 0 Å². The van der Waals surface area contributed by atoms with Crippen LogP contribution in [0.15, 0.2) is 199 Å². The number of furan rings is 1. The van der Waals surface area contributed by atoms with Crippen LogP contribution in [0.5, 0.6) is 0 Å². The first-order valence-corrected chi connectivity index (χ1v) is 20.7. The van der Waals surface area contributed by atoms with Crippen molar-refractivity contribution in [2.24, 2.45) is 0 Å². The van der Waals surface area contributed by atoms with E-state index >= 15 is 0 Å². The van der Waals surface area contributed by atoms with E-state index < -0.39 is 0 Å². The third-order valence-corrected chi connectivity index (χ3v) is 13.6. The molecule has 0 unspecified atom stereocenters. The van der Waals surface area contributed by atoms with Gasteiger partial charge in [0.1, 0.15) is 11.2 Å². The molecule has 2 heteroatoms. The van der Waals surface area contributed by atoms with Gasteiger partial charge in [0.05, 0.1) is 0 Å². The predicted octanol–water partition coefficient (Wildman–Crippen LogP) is 16.7. The van der Waals surface area contributed by atoms with Gasteiger partial charge in [-0.25, -0.2) is 0 Å². The SMILES string of the molecule is c1ccc2cc(-c3c4ccccc4c(-c4ccc(-c5cc6oc7c(ccc8sc9ccccc9c87)c6c6ccccc56)c5ccccc45)c4ccccc34)ccc2c1. The van der Waals surface area contributed by atoms with Crippen molar-refractivity contribution in [2.75, 3.05) is 0 Å². The van der Waals surface area contributed by atoms with E-state index in [-0.39, 0.29) is 0 Å². The zero-order chi connectivity index (χ0) is 37.9. The van der Waals surface area contributed by atoms with Crippen LogP contribution in [-0.4, -0.2) is 0 Å². The first-order valence-electron chi connectivity index (χ1n) is 19.9. The summed E-state index contributed by atoms with van der Waals surface area (Å²) in [7, 11) is 0. The van der Waals surface area contributed by atoms with Crippen molar-refractivity contribution in [3.05, 3.63) is 194 Å². The highest BCUT2D eigenvalue weighted by atomic mass is 32.1. The summed E-state index contributed by atoms with van der Waals surface area (Å²) < 4.78 is 9.52. The molecule has 0 amide bonds. The number of hydrogen-bond donors (Lipinski definition) is 0. The van der Waals surface area contributed by atoms with Gasteiger partial charge in [-0.1, -0.05) is 164 Å². The first kappa shape index (κ1) is 31.9. The largest absolute Gasteiger partial charge is 0.455 e. The standard InChI is InChI=1S/C56H32OS/c1-2-14-34-31-35(26-25-33(34)13-1)52-41-19-7-9-21-43(41)53(44-22-10-8-20-42(44)52)45-28-27-39(36-15-3-4-16-37(36)45)48-32-49-54(40-18-6-5-17-38(40)48)47-29-30-51-55(56(47)57-49)46-23-11-12-24-50(46)58-51/h1-32H. The van der Waals surface area contributed by atoms with Crippen LogP contribution >= 0.6 is 11.3 Å². The fourth-order valence-corrected chi connectivity index (χ4v) is 11.1. The molecule has 0 fully saturated rings. The number of hydrogen-bond acceptors (Lipinski definition) is 2. The van der Waals surface area contributed by atoms with Crippen molar-refractivity contribution < 1.29 is 4.42 Å². The Bertz CT molecular complexity index is 3810. The van der Waals surface area contributed by atoms with Gasteiger partial charge in [-0.05, 0) is 118 Å². The highest BCUT2D eigenvalue weighted by Gasteiger charge is 2.22. The van der Waals surface area contributed by atoms with Crippen LogP contribution in [0.1, 0.15) is 0 Å². The Kier molecular flexibility index (Phi) is 6.66. The fraction of sp³-hybridized carbons (Fsp3) is 0. The first-order chi connectivity index (χ1) is 28.8. The van der Waals surface area contributed by atoms with Gasteiger partial charge in [0.2, 0.25) is 0 Å². The molecule has 13 aromatic rings. The Hall–Kier alpha value is -7.26. The van der Waals surface area contributed by atoms with E-state index in [0.29, 0.717) is 0 Å². The molecular formula is C56H32OS. The lowest BCUT2D eigenvalue weighted by Crippen LogP contribution is -1.93. The van der Waals surface area contributed by atoms with Crippen LogP contribution in [0, 0.1) is 0 Å². The fourth-order valence-electron chi connectivity index (χ4n) is 9.96. The average molecular weight is 753 g/mol. The Morgan fingerprint density at radius 1 is 0.310 bits per heavy atom. The summed E-state index contributed by atoms with van der Waals surface area (Å²) in [6, 6.07) is 71.5. The highest BCUT2D eigenvalue weighted by molar-refractivity contribution is 7.26. The van der Waals surface area contributed by atoms with Crippen molar-refractivity contribution >= 4 is 107 Å². The number of fused-ring (bicyclic) bond motifs is 13. The van der Waals surface area contributed by atoms with Crippen molar-refractivity contribution in [3.8, 4) is 33.4 Å². The van der Waals surface area contributed by atoms with E-state index in [4.69, 9.17) is 4.42 Å². The summed E-state index contributed by atoms with van der Waals surface area (Å²) >= 11 is 1.83. The van der Waals surface area contributed by atoms with Crippen molar-refractivity contribution in [2.45, 2.75) is 0 Å². The van der Waals surface area contributed by atoms with E-state index in [1.165, 1.54) is 118 Å². The normalized spacial score (nSPS) is 12.1. The topological polar surface area (TPSA) is 13.1 Å². The predicted molar refractivity (Wildman–Crippen MR) is 250 cm³/mol. The summed E-state index contributed by atoms with van der Waals surface area (Å²) in [6.45, 7) is 0. The highest BCUT2D eigenvalue weighted by Crippen LogP contribution is 2.49. The Balaban J connectivity index is 1.08. The van der Waals surface area contributed by atoms with Crippen LogP contribution in [-0.2, 0) is 0 Å². The molecule has 0 radical (unpaired) electrons. The average Bonchev–Trinajstić information content (AvgIpc) is 3.86. The maximum Gasteiger partial charge on any atom is 0.144 e. The maximum atomic E-state index is 6.98. The van der Waals surface area contributed by atoms with Gasteiger partial charge in [0, 0.05) is 30.9 Å². The van der Waals surface area contributed by atoms with Gasteiger partial charge in [-0.15, -0.1) is 11.3 Å². The number of rotatable bonds is 3. The summed E-state index contributed by atoms with van der Waals surface area (Å²) in [6.07, 6.45) is 0. The summed E-state index contributed by atoms with van der Waals surface area (Å²) in [4.78, 5) is 0. The quantitative estimate of drug-likeness (QED) is 0.164. The second kappa shape index (κ2) is 12.1. The Morgan fingerprint density at radius 3 is 1.59 bits per heavy atom. The molecule has 0 bridgehead atoms. The van der Waals surface area contributed by atoms with E-state index in [9.17, 15) is 0 Å². The minimum Gasteiger partial charge on any atom is -0.455 e. The maximum absolute atomic E-state index is 6.98. The monoisotopic (exact) mass is 752 g/mol. The third-order valence-electron chi connectivity index (χ3n) is 12.4. The molecular weight excluding hydrogens is 721 g/mol. The van der Waals surface area contributed by atoms with Gasteiger partial charge in [0.25, 0.3) is 0 Å². The summed E-state index contributed by atoms with van der Waals surface area (Å²) in [5.41, 5.74) is 9.28. The molecule has 0 spiro atoms. The molecule has 0 saturated heterocycles. The smallest absolute Gasteiger partial charge is 0.144 e. The number of thiophene rings is 1. The lowest BCUT2D eigenvalue weighted by Gasteiger charge is -2.20. The van der Waals surface area contributed by atoms with Crippen LogP contribution < -0.4 is 0 Å². The lowest BCUT2D eigenvalue weighted by molar-refractivity contribution is 0.673.